The number of hydrogen-bond donors (Lipinski definition) is 2. The summed E-state index contributed by atoms with van der Waals surface area (Å²) in [5, 5.41) is 12.9. The quantitative estimate of drug-likeness (QED) is 0.807. The fourth-order valence-corrected chi connectivity index (χ4v) is 2.86. The zero-order valence-corrected chi connectivity index (χ0v) is 12.1. The number of aliphatic hydroxyl groups is 1. The Hall–Kier alpha value is -1.13. The lowest BCUT2D eigenvalue weighted by molar-refractivity contribution is 0.0837. The second-order valence-electron chi connectivity index (χ2n) is 5.65. The molecule has 1 aromatic carbocycles. The van der Waals surface area contributed by atoms with Gasteiger partial charge in [0.1, 0.15) is 6.61 Å². The fourth-order valence-electron chi connectivity index (χ4n) is 2.86. The summed E-state index contributed by atoms with van der Waals surface area (Å²) < 4.78 is 19.2. The molecule has 0 spiro atoms. The van der Waals surface area contributed by atoms with Crippen molar-refractivity contribution < 1.29 is 14.2 Å². The summed E-state index contributed by atoms with van der Waals surface area (Å²) in [5.41, 5.74) is 0.879. The third kappa shape index (κ3) is 4.46. The van der Waals surface area contributed by atoms with Crippen molar-refractivity contribution in [1.29, 1.82) is 0 Å². The van der Waals surface area contributed by atoms with Gasteiger partial charge in [-0.15, -0.1) is 0 Å². The monoisotopic (exact) mass is 281 g/mol. The molecule has 1 aliphatic carbocycles. The van der Waals surface area contributed by atoms with Crippen LogP contribution < -0.4 is 10.1 Å². The van der Waals surface area contributed by atoms with Crippen molar-refractivity contribution in [2.75, 3.05) is 13.7 Å². The summed E-state index contributed by atoms with van der Waals surface area (Å²) in [5.74, 6) is 0.456. The van der Waals surface area contributed by atoms with Gasteiger partial charge in [0, 0.05) is 6.54 Å². The van der Waals surface area contributed by atoms with Crippen LogP contribution in [0.25, 0.3) is 0 Å². The molecule has 0 aliphatic heterocycles. The van der Waals surface area contributed by atoms with Crippen LogP contribution in [0, 0.1) is 11.7 Å². The minimum Gasteiger partial charge on any atom is -0.488 e. The predicted octanol–water partition coefficient (Wildman–Crippen LogP) is 2.87. The molecule has 112 valence electrons. The normalized spacial score (nSPS) is 17.4. The molecule has 1 aliphatic rings. The lowest BCUT2D eigenvalue weighted by Gasteiger charge is -2.16. The molecule has 0 aromatic heterocycles. The van der Waals surface area contributed by atoms with Gasteiger partial charge in [0.15, 0.2) is 11.6 Å². The number of aliphatic hydroxyl groups excluding tert-OH is 1. The average molecular weight is 281 g/mol. The highest BCUT2D eigenvalue weighted by Crippen LogP contribution is 2.28. The van der Waals surface area contributed by atoms with E-state index >= 15 is 0 Å². The Kier molecular flexibility index (Phi) is 5.80. The molecular formula is C16H24FNO2. The second kappa shape index (κ2) is 7.60. The van der Waals surface area contributed by atoms with Crippen molar-refractivity contribution in [3.05, 3.63) is 29.6 Å². The van der Waals surface area contributed by atoms with Crippen LogP contribution in [-0.2, 0) is 6.54 Å². The Morgan fingerprint density at radius 1 is 1.40 bits per heavy atom. The molecule has 2 N–H and O–H groups in total. The number of nitrogens with one attached hydrogen (secondary N) is 1. The number of hydrogen-bond acceptors (Lipinski definition) is 3. The lowest BCUT2D eigenvalue weighted by Crippen LogP contribution is -2.20. The first-order valence-corrected chi connectivity index (χ1v) is 7.43. The van der Waals surface area contributed by atoms with Gasteiger partial charge in [-0.25, -0.2) is 4.39 Å². The number of rotatable bonds is 7. The van der Waals surface area contributed by atoms with Crippen molar-refractivity contribution in [3.8, 4) is 5.75 Å². The summed E-state index contributed by atoms with van der Waals surface area (Å²) in [4.78, 5) is 0. The number of halogens is 1. The van der Waals surface area contributed by atoms with Gasteiger partial charge in [0.2, 0.25) is 0 Å². The predicted molar refractivity (Wildman–Crippen MR) is 77.2 cm³/mol. The van der Waals surface area contributed by atoms with Crippen molar-refractivity contribution in [2.45, 2.75) is 44.8 Å². The molecule has 20 heavy (non-hydrogen) atoms. The Labute approximate surface area is 120 Å². The van der Waals surface area contributed by atoms with E-state index in [9.17, 15) is 9.50 Å². The Balaban J connectivity index is 1.80. The Morgan fingerprint density at radius 3 is 2.80 bits per heavy atom. The fraction of sp³-hybridized carbons (Fsp3) is 0.625. The van der Waals surface area contributed by atoms with Crippen LogP contribution in [0.1, 0.15) is 37.7 Å². The highest BCUT2D eigenvalue weighted by Gasteiger charge is 2.19. The highest BCUT2D eigenvalue weighted by atomic mass is 19.1. The Morgan fingerprint density at radius 2 is 2.15 bits per heavy atom. The highest BCUT2D eigenvalue weighted by molar-refractivity contribution is 5.29. The number of benzene rings is 1. The SMILES string of the molecule is CNCc1ccc(OCC(O)CC2CCCC2)c(F)c1. The van der Waals surface area contributed by atoms with E-state index in [2.05, 4.69) is 5.32 Å². The lowest BCUT2D eigenvalue weighted by atomic mass is 10.0. The van der Waals surface area contributed by atoms with Crippen LogP contribution >= 0.6 is 0 Å². The minimum atomic E-state index is -0.505. The molecule has 1 fully saturated rings. The molecule has 1 atom stereocenters. The van der Waals surface area contributed by atoms with Gasteiger partial charge in [0.05, 0.1) is 6.10 Å². The summed E-state index contributed by atoms with van der Waals surface area (Å²) in [6, 6.07) is 4.93. The molecule has 0 heterocycles. The first kappa shape index (κ1) is 15.3. The van der Waals surface area contributed by atoms with Gasteiger partial charge in [-0.05, 0) is 37.1 Å². The second-order valence-corrected chi connectivity index (χ2v) is 5.65. The number of ether oxygens (including phenoxy) is 1. The molecule has 1 unspecified atom stereocenters. The molecule has 1 saturated carbocycles. The van der Waals surface area contributed by atoms with E-state index in [0.717, 1.165) is 12.0 Å². The van der Waals surface area contributed by atoms with Crippen molar-refractivity contribution in [3.63, 3.8) is 0 Å². The van der Waals surface area contributed by atoms with Crippen LogP contribution in [0.4, 0.5) is 4.39 Å². The van der Waals surface area contributed by atoms with Crippen LogP contribution in [0.2, 0.25) is 0 Å². The van der Waals surface area contributed by atoms with E-state index in [4.69, 9.17) is 4.74 Å². The maximum absolute atomic E-state index is 13.8. The van der Waals surface area contributed by atoms with E-state index in [0.29, 0.717) is 12.5 Å². The van der Waals surface area contributed by atoms with Gasteiger partial charge in [-0.1, -0.05) is 31.7 Å². The largest absolute Gasteiger partial charge is 0.488 e. The van der Waals surface area contributed by atoms with Crippen LogP contribution in [-0.4, -0.2) is 24.9 Å². The molecule has 3 nitrogen and oxygen atoms in total. The van der Waals surface area contributed by atoms with E-state index < -0.39 is 6.10 Å². The maximum atomic E-state index is 13.8. The minimum absolute atomic E-state index is 0.165. The molecule has 0 amide bonds. The van der Waals surface area contributed by atoms with Crippen molar-refractivity contribution in [2.24, 2.45) is 5.92 Å². The smallest absolute Gasteiger partial charge is 0.165 e. The molecule has 0 bridgehead atoms. The first-order valence-electron chi connectivity index (χ1n) is 7.43. The summed E-state index contributed by atoms with van der Waals surface area (Å²) in [7, 11) is 1.82. The third-order valence-electron chi connectivity index (χ3n) is 3.89. The molecule has 0 saturated heterocycles. The summed E-state index contributed by atoms with van der Waals surface area (Å²) in [6.07, 6.45) is 5.18. The van der Waals surface area contributed by atoms with Crippen LogP contribution in [0.15, 0.2) is 18.2 Å². The van der Waals surface area contributed by atoms with Gasteiger partial charge in [-0.2, -0.15) is 0 Å². The third-order valence-corrected chi connectivity index (χ3v) is 3.89. The summed E-state index contributed by atoms with van der Waals surface area (Å²) in [6.45, 7) is 0.792. The zero-order chi connectivity index (χ0) is 14.4. The molecular weight excluding hydrogens is 257 g/mol. The van der Waals surface area contributed by atoms with E-state index in [-0.39, 0.29) is 18.2 Å². The van der Waals surface area contributed by atoms with E-state index in [1.807, 2.05) is 13.1 Å². The molecule has 1 aromatic rings. The van der Waals surface area contributed by atoms with Gasteiger partial charge >= 0.3 is 0 Å². The van der Waals surface area contributed by atoms with E-state index in [1.54, 1.807) is 6.07 Å². The molecule has 0 radical (unpaired) electrons. The van der Waals surface area contributed by atoms with E-state index in [1.165, 1.54) is 31.7 Å². The van der Waals surface area contributed by atoms with Crippen molar-refractivity contribution >= 4 is 0 Å². The van der Waals surface area contributed by atoms with Gasteiger partial charge in [0.25, 0.3) is 0 Å². The average Bonchev–Trinajstić information content (AvgIpc) is 2.91. The standard InChI is InChI=1S/C16H24FNO2/c1-18-10-13-6-7-16(15(17)9-13)20-11-14(19)8-12-4-2-3-5-12/h6-7,9,12,14,18-19H,2-5,8,10-11H2,1H3. The Bertz CT molecular complexity index is 419. The first-order chi connectivity index (χ1) is 9.69. The zero-order valence-electron chi connectivity index (χ0n) is 12.1. The van der Waals surface area contributed by atoms with Gasteiger partial charge in [-0.3, -0.25) is 0 Å². The van der Waals surface area contributed by atoms with Crippen LogP contribution in [0.5, 0.6) is 5.75 Å². The van der Waals surface area contributed by atoms with Gasteiger partial charge < -0.3 is 15.2 Å². The topological polar surface area (TPSA) is 41.5 Å². The molecule has 2 rings (SSSR count). The summed E-state index contributed by atoms with van der Waals surface area (Å²) >= 11 is 0. The van der Waals surface area contributed by atoms with Crippen LogP contribution in [0.3, 0.4) is 0 Å². The molecule has 4 heteroatoms. The van der Waals surface area contributed by atoms with Crippen molar-refractivity contribution in [1.82, 2.24) is 5.32 Å². The maximum Gasteiger partial charge on any atom is 0.165 e.